The predicted molar refractivity (Wildman–Crippen MR) is 103 cm³/mol. The van der Waals surface area contributed by atoms with E-state index in [1.165, 1.54) is 11.8 Å². The van der Waals surface area contributed by atoms with Gasteiger partial charge in [0.1, 0.15) is 0 Å². The van der Waals surface area contributed by atoms with Gasteiger partial charge < -0.3 is 9.73 Å². The number of aryl methyl sites for hydroxylation is 1. The Hall–Kier alpha value is -2.51. The van der Waals surface area contributed by atoms with E-state index in [4.69, 9.17) is 16.0 Å². The Morgan fingerprint density at radius 2 is 2.27 bits per heavy atom. The minimum Gasteiger partial charge on any atom is -0.461 e. The number of halogens is 1. The fraction of sp³-hybridized carbons (Fsp3) is 0.167. The quantitative estimate of drug-likeness (QED) is 0.479. The van der Waals surface area contributed by atoms with Crippen molar-refractivity contribution in [1.29, 1.82) is 0 Å². The van der Waals surface area contributed by atoms with Crippen LogP contribution in [-0.2, 0) is 11.3 Å². The molecule has 0 radical (unpaired) electrons. The zero-order valence-electron chi connectivity index (χ0n) is 14.1. The van der Waals surface area contributed by atoms with Crippen molar-refractivity contribution in [2.24, 2.45) is 0 Å². The summed E-state index contributed by atoms with van der Waals surface area (Å²) in [7, 11) is 0. The Kier molecular flexibility index (Phi) is 5.80. The maximum atomic E-state index is 12.3. The average molecular weight is 389 g/mol. The smallest absolute Gasteiger partial charge is 0.234 e. The largest absolute Gasteiger partial charge is 0.461 e. The summed E-state index contributed by atoms with van der Waals surface area (Å²) in [5.41, 5.74) is 1.65. The number of nitrogens with zero attached hydrogens (tertiary/aromatic N) is 3. The van der Waals surface area contributed by atoms with E-state index in [1.54, 1.807) is 36.6 Å². The third-order valence-electron chi connectivity index (χ3n) is 3.56. The number of nitrogens with one attached hydrogen (secondary N) is 1. The molecule has 26 heavy (non-hydrogen) atoms. The number of hydrogen-bond donors (Lipinski definition) is 1. The Bertz CT molecular complexity index is 921. The molecule has 2 aromatic heterocycles. The van der Waals surface area contributed by atoms with Crippen LogP contribution < -0.4 is 5.32 Å². The fourth-order valence-corrected chi connectivity index (χ4v) is 3.34. The molecule has 0 bridgehead atoms. The molecule has 6 nitrogen and oxygen atoms in total. The van der Waals surface area contributed by atoms with Gasteiger partial charge in [-0.3, -0.25) is 9.36 Å². The minimum atomic E-state index is -0.131. The van der Waals surface area contributed by atoms with Gasteiger partial charge in [-0.05, 0) is 42.8 Å². The van der Waals surface area contributed by atoms with Crippen molar-refractivity contribution in [3.63, 3.8) is 0 Å². The Labute approximate surface area is 160 Å². The molecule has 0 spiro atoms. The SMILES string of the molecule is C=CCn1c(SCC(=O)Nc2ccc(Cl)cc2C)nnc1-c1ccco1. The second kappa shape index (κ2) is 8.25. The third-order valence-corrected chi connectivity index (χ3v) is 4.77. The van der Waals surface area contributed by atoms with E-state index in [0.29, 0.717) is 28.3 Å². The van der Waals surface area contributed by atoms with E-state index in [9.17, 15) is 4.79 Å². The Morgan fingerprint density at radius 3 is 2.96 bits per heavy atom. The Morgan fingerprint density at radius 1 is 1.42 bits per heavy atom. The number of thioether (sulfide) groups is 1. The molecular formula is C18H17ClN4O2S. The first-order chi connectivity index (χ1) is 12.6. The zero-order chi connectivity index (χ0) is 18.5. The van der Waals surface area contributed by atoms with Gasteiger partial charge in [0, 0.05) is 17.3 Å². The van der Waals surface area contributed by atoms with Gasteiger partial charge in [-0.25, -0.2) is 0 Å². The minimum absolute atomic E-state index is 0.131. The maximum Gasteiger partial charge on any atom is 0.234 e. The van der Waals surface area contributed by atoms with E-state index in [2.05, 4.69) is 22.1 Å². The predicted octanol–water partition coefficient (Wildman–Crippen LogP) is 4.42. The number of carbonyl (C=O) groups is 1. The molecule has 134 valence electrons. The van der Waals surface area contributed by atoms with Crippen LogP contribution in [0.4, 0.5) is 5.69 Å². The second-order valence-electron chi connectivity index (χ2n) is 5.48. The lowest BCUT2D eigenvalue weighted by Gasteiger charge is -2.09. The zero-order valence-corrected chi connectivity index (χ0v) is 15.7. The van der Waals surface area contributed by atoms with Gasteiger partial charge in [0.2, 0.25) is 11.7 Å². The number of furan rings is 1. The van der Waals surface area contributed by atoms with Gasteiger partial charge in [-0.2, -0.15) is 0 Å². The highest BCUT2D eigenvalue weighted by molar-refractivity contribution is 7.99. The van der Waals surface area contributed by atoms with Crippen molar-refractivity contribution in [1.82, 2.24) is 14.8 Å². The van der Waals surface area contributed by atoms with E-state index >= 15 is 0 Å². The summed E-state index contributed by atoms with van der Waals surface area (Å²) in [5.74, 6) is 1.29. The van der Waals surface area contributed by atoms with Crippen molar-refractivity contribution in [2.45, 2.75) is 18.6 Å². The van der Waals surface area contributed by atoms with E-state index in [1.807, 2.05) is 17.6 Å². The number of benzene rings is 1. The van der Waals surface area contributed by atoms with Crippen LogP contribution in [0.15, 0.2) is 58.8 Å². The lowest BCUT2D eigenvalue weighted by atomic mass is 10.2. The van der Waals surface area contributed by atoms with Crippen LogP contribution in [0.1, 0.15) is 5.56 Å². The summed E-state index contributed by atoms with van der Waals surface area (Å²) in [6.45, 7) is 6.17. The van der Waals surface area contributed by atoms with Gasteiger partial charge in [0.15, 0.2) is 10.9 Å². The molecular weight excluding hydrogens is 372 g/mol. The van der Waals surface area contributed by atoms with Crippen LogP contribution in [0.3, 0.4) is 0 Å². The monoisotopic (exact) mass is 388 g/mol. The van der Waals surface area contributed by atoms with Crippen molar-refractivity contribution in [3.8, 4) is 11.6 Å². The number of allylic oxidation sites excluding steroid dienone is 1. The third kappa shape index (κ3) is 4.17. The highest BCUT2D eigenvalue weighted by Gasteiger charge is 2.16. The van der Waals surface area contributed by atoms with E-state index in [-0.39, 0.29) is 11.7 Å². The van der Waals surface area contributed by atoms with Gasteiger partial charge in [0.25, 0.3) is 0 Å². The summed E-state index contributed by atoms with van der Waals surface area (Å²) >= 11 is 7.24. The summed E-state index contributed by atoms with van der Waals surface area (Å²) in [6, 6.07) is 8.94. The topological polar surface area (TPSA) is 73.0 Å². The molecule has 8 heteroatoms. The normalized spacial score (nSPS) is 10.7. The number of aromatic nitrogens is 3. The highest BCUT2D eigenvalue weighted by Crippen LogP contribution is 2.25. The maximum absolute atomic E-state index is 12.3. The molecule has 1 amide bonds. The molecule has 0 fully saturated rings. The second-order valence-corrected chi connectivity index (χ2v) is 6.86. The van der Waals surface area contributed by atoms with Crippen LogP contribution in [0.25, 0.3) is 11.6 Å². The van der Waals surface area contributed by atoms with E-state index in [0.717, 1.165) is 11.3 Å². The van der Waals surface area contributed by atoms with Crippen molar-refractivity contribution < 1.29 is 9.21 Å². The summed E-state index contributed by atoms with van der Waals surface area (Å²) in [5, 5.41) is 12.5. The van der Waals surface area contributed by atoms with Crippen molar-refractivity contribution in [3.05, 3.63) is 59.8 Å². The van der Waals surface area contributed by atoms with Gasteiger partial charge in [-0.15, -0.1) is 16.8 Å². The van der Waals surface area contributed by atoms with Crippen molar-refractivity contribution in [2.75, 3.05) is 11.1 Å². The highest BCUT2D eigenvalue weighted by atomic mass is 35.5. The number of anilines is 1. The molecule has 3 aromatic rings. The van der Waals surface area contributed by atoms with Crippen LogP contribution in [0, 0.1) is 6.92 Å². The molecule has 0 aliphatic heterocycles. The van der Waals surface area contributed by atoms with E-state index < -0.39 is 0 Å². The molecule has 0 atom stereocenters. The number of rotatable bonds is 7. The molecule has 1 aromatic carbocycles. The first-order valence-electron chi connectivity index (χ1n) is 7.85. The molecule has 0 saturated heterocycles. The number of hydrogen-bond acceptors (Lipinski definition) is 5. The summed E-state index contributed by atoms with van der Waals surface area (Å²) < 4.78 is 7.25. The standard InChI is InChI=1S/C18H17ClN4O2S/c1-3-8-23-17(15-5-4-9-25-15)21-22-18(23)26-11-16(24)20-14-7-6-13(19)10-12(14)2/h3-7,9-10H,1,8,11H2,2H3,(H,20,24). The molecule has 0 aliphatic rings. The van der Waals surface area contributed by atoms with Gasteiger partial charge >= 0.3 is 0 Å². The number of carbonyl (C=O) groups excluding carboxylic acids is 1. The van der Waals surface area contributed by atoms with Gasteiger partial charge in [0.05, 0.1) is 12.0 Å². The van der Waals surface area contributed by atoms with Crippen LogP contribution >= 0.6 is 23.4 Å². The van der Waals surface area contributed by atoms with Crippen LogP contribution in [0.5, 0.6) is 0 Å². The molecule has 3 rings (SSSR count). The lowest BCUT2D eigenvalue weighted by molar-refractivity contribution is -0.113. The molecule has 2 heterocycles. The molecule has 0 unspecified atom stereocenters. The Balaban J connectivity index is 1.69. The lowest BCUT2D eigenvalue weighted by Crippen LogP contribution is -2.15. The molecule has 0 aliphatic carbocycles. The number of amides is 1. The summed E-state index contributed by atoms with van der Waals surface area (Å²) in [6.07, 6.45) is 3.33. The first kappa shape index (κ1) is 18.3. The first-order valence-corrected chi connectivity index (χ1v) is 9.21. The molecule has 0 saturated carbocycles. The average Bonchev–Trinajstić information content (AvgIpc) is 3.26. The molecule has 1 N–H and O–H groups in total. The fourth-order valence-electron chi connectivity index (χ4n) is 2.36. The van der Waals surface area contributed by atoms with Crippen LogP contribution in [0.2, 0.25) is 5.02 Å². The van der Waals surface area contributed by atoms with Crippen molar-refractivity contribution >= 4 is 35.0 Å². The van der Waals surface area contributed by atoms with Gasteiger partial charge in [-0.1, -0.05) is 29.4 Å². The van der Waals surface area contributed by atoms with Crippen LogP contribution in [-0.4, -0.2) is 26.4 Å². The summed E-state index contributed by atoms with van der Waals surface area (Å²) in [4.78, 5) is 12.3.